The van der Waals surface area contributed by atoms with Gasteiger partial charge in [0.15, 0.2) is 0 Å². The Morgan fingerprint density at radius 3 is 2.73 bits per heavy atom. The Kier molecular flexibility index (Phi) is 9.41. The molecule has 1 aliphatic heterocycles. The van der Waals surface area contributed by atoms with Crippen LogP contribution in [0.4, 0.5) is 0 Å². The van der Waals surface area contributed by atoms with E-state index in [1.54, 1.807) is 7.11 Å². The molecule has 1 saturated heterocycles. The zero-order valence-corrected chi connectivity index (χ0v) is 19.6. The Labute approximate surface area is 185 Å². The van der Waals surface area contributed by atoms with Crippen LogP contribution >= 0.6 is 11.6 Å². The molecule has 0 bridgehead atoms. The molecule has 1 aliphatic carbocycles. The van der Waals surface area contributed by atoms with E-state index in [1.807, 2.05) is 25.2 Å². The minimum Gasteiger partial charge on any atom is -0.497 e. The average molecular weight is 457 g/mol. The van der Waals surface area contributed by atoms with Crippen molar-refractivity contribution in [2.45, 2.75) is 63.8 Å². The van der Waals surface area contributed by atoms with E-state index in [-0.39, 0.29) is 11.9 Å². The fraction of sp³-hybridized carbons (Fsp3) is 0.565. The minimum absolute atomic E-state index is 0.0777. The summed E-state index contributed by atoms with van der Waals surface area (Å²) in [6, 6.07) is 0. The molecule has 2 rings (SSSR count). The molecule has 3 unspecified atom stereocenters. The SMILES string of the molecule is C=C(/C=C\C(=C/C)OC)CC1=C(Cl)CCCC(C2CC(O)CC(CS(C)(=O)=O)O2)=C1. The van der Waals surface area contributed by atoms with Crippen molar-refractivity contribution >= 4 is 21.4 Å². The number of hydrogen-bond donors (Lipinski definition) is 1. The summed E-state index contributed by atoms with van der Waals surface area (Å²) < 4.78 is 34.7. The van der Waals surface area contributed by atoms with Crippen LogP contribution in [-0.4, -0.2) is 51.0 Å². The Bertz CT molecular complexity index is 851. The number of rotatable bonds is 8. The van der Waals surface area contributed by atoms with Crippen LogP contribution in [0.5, 0.6) is 0 Å². The first kappa shape index (κ1) is 24.9. The second-order valence-corrected chi connectivity index (χ2v) is 10.7. The number of hydrogen-bond acceptors (Lipinski definition) is 5. The maximum atomic E-state index is 11.7. The topological polar surface area (TPSA) is 72.8 Å². The van der Waals surface area contributed by atoms with Crippen LogP contribution in [0.15, 0.2) is 58.4 Å². The van der Waals surface area contributed by atoms with Crippen molar-refractivity contribution in [2.75, 3.05) is 19.1 Å². The first-order valence-electron chi connectivity index (χ1n) is 10.3. The molecular weight excluding hydrogens is 424 g/mol. The molecule has 1 heterocycles. The van der Waals surface area contributed by atoms with Crippen LogP contribution in [0.2, 0.25) is 0 Å². The van der Waals surface area contributed by atoms with Crippen molar-refractivity contribution in [1.29, 1.82) is 0 Å². The van der Waals surface area contributed by atoms with E-state index in [0.717, 1.165) is 46.8 Å². The molecule has 168 valence electrons. The zero-order chi connectivity index (χ0) is 22.3. The highest BCUT2D eigenvalue weighted by Gasteiger charge is 2.32. The lowest BCUT2D eigenvalue weighted by Crippen LogP contribution is -2.40. The predicted octanol–water partition coefficient (Wildman–Crippen LogP) is 4.60. The fourth-order valence-corrected chi connectivity index (χ4v) is 4.99. The summed E-state index contributed by atoms with van der Waals surface area (Å²) in [5, 5.41) is 11.1. The molecular formula is C23H33ClO5S. The Morgan fingerprint density at radius 1 is 1.37 bits per heavy atom. The summed E-state index contributed by atoms with van der Waals surface area (Å²) in [6.45, 7) is 6.03. The number of methoxy groups -OCH3 is 1. The van der Waals surface area contributed by atoms with Gasteiger partial charge in [0.25, 0.3) is 0 Å². The monoisotopic (exact) mass is 456 g/mol. The van der Waals surface area contributed by atoms with E-state index in [4.69, 9.17) is 21.1 Å². The number of aliphatic hydroxyl groups is 1. The van der Waals surface area contributed by atoms with Crippen LogP contribution in [0, 0.1) is 0 Å². The number of halogens is 1. The standard InChI is InChI=1S/C23H33ClO5S/c1-5-20(28-3)10-9-16(2)11-18-12-17(7-6-8-22(18)24)23-14-19(25)13-21(29-23)15-30(4,26)27/h5,9-10,12,19,21,23,25H,2,6-8,11,13-15H2,1,3-4H3/b10-9-,20-5+. The van der Waals surface area contributed by atoms with Crippen molar-refractivity contribution in [2.24, 2.45) is 0 Å². The van der Waals surface area contributed by atoms with Gasteiger partial charge in [0.2, 0.25) is 0 Å². The summed E-state index contributed by atoms with van der Waals surface area (Å²) in [5.41, 5.74) is 2.94. The lowest BCUT2D eigenvalue weighted by atomic mass is 9.92. The molecule has 1 fully saturated rings. The second kappa shape index (κ2) is 11.3. The molecule has 5 nitrogen and oxygen atoms in total. The van der Waals surface area contributed by atoms with Gasteiger partial charge in [0.1, 0.15) is 15.6 Å². The van der Waals surface area contributed by atoms with Crippen LogP contribution in [0.25, 0.3) is 0 Å². The van der Waals surface area contributed by atoms with Crippen LogP contribution < -0.4 is 0 Å². The molecule has 0 saturated carbocycles. The Morgan fingerprint density at radius 2 is 2.10 bits per heavy atom. The van der Waals surface area contributed by atoms with Gasteiger partial charge in [-0.3, -0.25) is 0 Å². The largest absolute Gasteiger partial charge is 0.497 e. The van der Waals surface area contributed by atoms with Gasteiger partial charge in [-0.25, -0.2) is 8.42 Å². The summed E-state index contributed by atoms with van der Waals surface area (Å²) in [7, 11) is -1.56. The maximum absolute atomic E-state index is 11.7. The molecule has 30 heavy (non-hydrogen) atoms. The van der Waals surface area contributed by atoms with Gasteiger partial charge in [-0.15, -0.1) is 0 Å². The first-order valence-corrected chi connectivity index (χ1v) is 12.7. The summed E-state index contributed by atoms with van der Waals surface area (Å²) in [5.74, 6) is 0.681. The number of aliphatic hydroxyl groups excluding tert-OH is 1. The molecule has 0 aromatic rings. The van der Waals surface area contributed by atoms with Gasteiger partial charge >= 0.3 is 0 Å². The first-order chi connectivity index (χ1) is 14.1. The van der Waals surface area contributed by atoms with Crippen molar-refractivity contribution in [1.82, 2.24) is 0 Å². The Hall–Kier alpha value is -1.34. The third-order valence-electron chi connectivity index (χ3n) is 5.27. The third kappa shape index (κ3) is 8.06. The lowest BCUT2D eigenvalue weighted by Gasteiger charge is -2.34. The summed E-state index contributed by atoms with van der Waals surface area (Å²) >= 11 is 6.56. The normalized spacial score (nSPS) is 26.5. The Balaban J connectivity index is 2.17. The molecule has 1 N–H and O–H groups in total. The van der Waals surface area contributed by atoms with Crippen LogP contribution in [-0.2, 0) is 19.3 Å². The molecule has 0 radical (unpaired) electrons. The van der Waals surface area contributed by atoms with Crippen molar-refractivity contribution in [3.8, 4) is 0 Å². The smallest absolute Gasteiger partial charge is 0.150 e. The number of ether oxygens (including phenoxy) is 2. The van der Waals surface area contributed by atoms with Crippen LogP contribution in [0.3, 0.4) is 0 Å². The average Bonchev–Trinajstić information content (AvgIpc) is 2.82. The summed E-state index contributed by atoms with van der Waals surface area (Å²) in [4.78, 5) is 0. The fourth-order valence-electron chi connectivity index (χ4n) is 3.84. The van der Waals surface area contributed by atoms with E-state index in [2.05, 4.69) is 12.7 Å². The molecule has 0 aromatic heterocycles. The van der Waals surface area contributed by atoms with E-state index in [0.29, 0.717) is 19.3 Å². The maximum Gasteiger partial charge on any atom is 0.150 e. The van der Waals surface area contributed by atoms with Gasteiger partial charge in [-0.05, 0) is 55.9 Å². The van der Waals surface area contributed by atoms with Gasteiger partial charge in [-0.2, -0.15) is 0 Å². The second-order valence-electron chi connectivity index (χ2n) is 8.03. The molecule has 7 heteroatoms. The van der Waals surface area contributed by atoms with Crippen molar-refractivity contribution < 1.29 is 23.0 Å². The van der Waals surface area contributed by atoms with Gasteiger partial charge in [0, 0.05) is 24.1 Å². The van der Waals surface area contributed by atoms with E-state index in [1.165, 1.54) is 6.26 Å². The summed E-state index contributed by atoms with van der Waals surface area (Å²) in [6.07, 6.45) is 11.4. The van der Waals surface area contributed by atoms with E-state index in [9.17, 15) is 13.5 Å². The molecule has 0 spiro atoms. The predicted molar refractivity (Wildman–Crippen MR) is 122 cm³/mol. The highest BCUT2D eigenvalue weighted by Crippen LogP contribution is 2.34. The van der Waals surface area contributed by atoms with Gasteiger partial charge in [-0.1, -0.05) is 35.9 Å². The lowest BCUT2D eigenvalue weighted by molar-refractivity contribution is -0.0713. The zero-order valence-electron chi connectivity index (χ0n) is 18.1. The van der Waals surface area contributed by atoms with E-state index >= 15 is 0 Å². The highest BCUT2D eigenvalue weighted by molar-refractivity contribution is 7.90. The molecule has 0 amide bonds. The minimum atomic E-state index is -3.18. The highest BCUT2D eigenvalue weighted by atomic mass is 35.5. The quantitative estimate of drug-likeness (QED) is 0.427. The van der Waals surface area contributed by atoms with Gasteiger partial charge < -0.3 is 14.6 Å². The molecule has 3 atom stereocenters. The third-order valence-corrected chi connectivity index (χ3v) is 6.68. The molecule has 2 aliphatic rings. The number of allylic oxidation sites excluding steroid dienone is 7. The van der Waals surface area contributed by atoms with Crippen molar-refractivity contribution in [3.63, 3.8) is 0 Å². The number of sulfone groups is 1. The van der Waals surface area contributed by atoms with Crippen molar-refractivity contribution in [3.05, 3.63) is 58.4 Å². The van der Waals surface area contributed by atoms with E-state index < -0.39 is 22.0 Å². The molecule has 0 aromatic carbocycles. The van der Waals surface area contributed by atoms with Gasteiger partial charge in [0.05, 0.1) is 31.2 Å². The van der Waals surface area contributed by atoms with Crippen LogP contribution in [0.1, 0.15) is 45.4 Å².